The van der Waals surface area contributed by atoms with Crippen molar-refractivity contribution < 1.29 is 14.4 Å². The Bertz CT molecular complexity index is 1290. The second-order valence-electron chi connectivity index (χ2n) is 8.05. The molecule has 1 aromatic heterocycles. The number of carbonyl (C=O) groups excluding carboxylic acids is 3. The van der Waals surface area contributed by atoms with Gasteiger partial charge in [-0.1, -0.05) is 49.4 Å². The van der Waals surface area contributed by atoms with Crippen LogP contribution in [0.4, 0.5) is 4.79 Å². The van der Waals surface area contributed by atoms with Gasteiger partial charge in [0.05, 0.1) is 17.2 Å². The minimum atomic E-state index is -1.21. The van der Waals surface area contributed by atoms with Crippen molar-refractivity contribution in [2.45, 2.75) is 45.2 Å². The van der Waals surface area contributed by atoms with Gasteiger partial charge in [0.15, 0.2) is 0 Å². The molecule has 2 N–H and O–H groups in total. The van der Waals surface area contributed by atoms with Crippen molar-refractivity contribution in [3.8, 4) is 0 Å². The van der Waals surface area contributed by atoms with Crippen molar-refractivity contribution in [2.24, 2.45) is 0 Å². The molecule has 1 saturated heterocycles. The molecule has 33 heavy (non-hydrogen) atoms. The number of fused-ring (bicyclic) bond motifs is 1. The zero-order valence-corrected chi connectivity index (χ0v) is 18.5. The summed E-state index contributed by atoms with van der Waals surface area (Å²) in [6.45, 7) is 3.98. The summed E-state index contributed by atoms with van der Waals surface area (Å²) in [7, 11) is 0. The number of aryl methyl sites for hydroxylation is 2. The normalized spacial score (nSPS) is 17.9. The third-order valence-electron chi connectivity index (χ3n) is 5.98. The maximum absolute atomic E-state index is 13.1. The number of nitrogens with zero attached hydrogens (tertiary/aromatic N) is 3. The predicted molar refractivity (Wildman–Crippen MR) is 122 cm³/mol. The molecule has 0 saturated carbocycles. The van der Waals surface area contributed by atoms with Crippen LogP contribution in [0.15, 0.2) is 59.7 Å². The van der Waals surface area contributed by atoms with Crippen molar-refractivity contribution in [1.82, 2.24) is 25.3 Å². The molecule has 0 bridgehead atoms. The Morgan fingerprint density at radius 3 is 2.58 bits per heavy atom. The summed E-state index contributed by atoms with van der Waals surface area (Å²) in [6.07, 6.45) is 2.18. The van der Waals surface area contributed by atoms with Crippen LogP contribution in [0.5, 0.6) is 0 Å². The number of hydrogen-bond acceptors (Lipinski definition) is 5. The summed E-state index contributed by atoms with van der Waals surface area (Å²) in [5, 5.41) is 3.99. The van der Waals surface area contributed by atoms with Gasteiger partial charge in [-0.25, -0.2) is 9.78 Å². The number of carbonyl (C=O) groups is 3. The Kier molecular flexibility index (Phi) is 5.95. The van der Waals surface area contributed by atoms with E-state index in [0.29, 0.717) is 29.3 Å². The lowest BCUT2D eigenvalue weighted by atomic mass is 9.87. The highest BCUT2D eigenvalue weighted by Crippen LogP contribution is 2.31. The largest absolute Gasteiger partial charge is 0.344 e. The van der Waals surface area contributed by atoms with Gasteiger partial charge in [0.2, 0.25) is 5.91 Å². The van der Waals surface area contributed by atoms with Gasteiger partial charge in [-0.2, -0.15) is 5.01 Å². The first-order chi connectivity index (χ1) is 15.9. The molecule has 1 fully saturated rings. The first-order valence-electron chi connectivity index (χ1n) is 10.8. The van der Waals surface area contributed by atoms with Gasteiger partial charge in [0.1, 0.15) is 5.54 Å². The lowest BCUT2D eigenvalue weighted by molar-refractivity contribution is -0.139. The Hall–Kier alpha value is -4.01. The molecule has 4 amide bonds. The second kappa shape index (κ2) is 8.85. The Balaban J connectivity index is 1.40. The molecular formula is C24H25N5O4. The van der Waals surface area contributed by atoms with Crippen LogP contribution in [0.25, 0.3) is 10.9 Å². The number of nitrogens with one attached hydrogen (secondary N) is 2. The first-order valence-corrected chi connectivity index (χ1v) is 10.8. The summed E-state index contributed by atoms with van der Waals surface area (Å²) in [6, 6.07) is 13.7. The lowest BCUT2D eigenvalue weighted by Gasteiger charge is -2.25. The fraction of sp³-hybridized carbons (Fsp3) is 0.292. The third kappa shape index (κ3) is 3.97. The van der Waals surface area contributed by atoms with E-state index in [2.05, 4.69) is 15.7 Å². The van der Waals surface area contributed by atoms with Crippen LogP contribution < -0.4 is 16.3 Å². The standard InChI is InChI=1S/C24H25N5O4/c1-3-24(17-10-5-4-6-11-17)22(32)29(23(33)26-24)27-19(30)13-8-14-28-15-25-20-16(2)9-7-12-18(20)21(28)31/h4-7,9-12,15H,3,8,13-14H2,1-2H3,(H,26,33)(H,27,30)/t24-/m0/s1. The van der Waals surface area contributed by atoms with Gasteiger partial charge in [-0.3, -0.25) is 24.4 Å². The van der Waals surface area contributed by atoms with Gasteiger partial charge in [0, 0.05) is 13.0 Å². The molecule has 0 radical (unpaired) electrons. The van der Waals surface area contributed by atoms with Gasteiger partial charge >= 0.3 is 6.03 Å². The number of urea groups is 1. The van der Waals surface area contributed by atoms with Crippen LogP contribution in [0.1, 0.15) is 37.3 Å². The van der Waals surface area contributed by atoms with E-state index in [4.69, 9.17) is 0 Å². The van der Waals surface area contributed by atoms with Gasteiger partial charge in [-0.15, -0.1) is 0 Å². The number of aromatic nitrogens is 2. The molecule has 3 aromatic rings. The molecule has 0 spiro atoms. The van der Waals surface area contributed by atoms with Crippen LogP contribution in [-0.2, 0) is 21.7 Å². The number of benzene rings is 2. The lowest BCUT2D eigenvalue weighted by Crippen LogP contribution is -2.48. The number of hydrazine groups is 1. The molecule has 1 aliphatic heterocycles. The number of amides is 4. The summed E-state index contributed by atoms with van der Waals surface area (Å²) >= 11 is 0. The van der Waals surface area contributed by atoms with Crippen LogP contribution in [-0.4, -0.2) is 32.4 Å². The molecule has 1 aliphatic rings. The number of hydrogen-bond donors (Lipinski definition) is 2. The summed E-state index contributed by atoms with van der Waals surface area (Å²) in [5.41, 5.74) is 3.25. The fourth-order valence-electron chi connectivity index (χ4n) is 4.13. The summed E-state index contributed by atoms with van der Waals surface area (Å²) < 4.78 is 1.46. The van der Waals surface area contributed by atoms with Crippen molar-refractivity contribution in [3.05, 3.63) is 76.3 Å². The minimum Gasteiger partial charge on any atom is -0.318 e. The Morgan fingerprint density at radius 1 is 1.09 bits per heavy atom. The van der Waals surface area contributed by atoms with Gasteiger partial charge < -0.3 is 5.32 Å². The van der Waals surface area contributed by atoms with Crippen molar-refractivity contribution in [3.63, 3.8) is 0 Å². The van der Waals surface area contributed by atoms with E-state index in [1.807, 2.05) is 25.1 Å². The maximum Gasteiger partial charge on any atom is 0.344 e. The van der Waals surface area contributed by atoms with Crippen molar-refractivity contribution >= 4 is 28.7 Å². The highest BCUT2D eigenvalue weighted by Gasteiger charge is 2.52. The minimum absolute atomic E-state index is 0.0276. The van der Waals surface area contributed by atoms with Crippen molar-refractivity contribution in [1.29, 1.82) is 0 Å². The summed E-state index contributed by atoms with van der Waals surface area (Å²) in [5.74, 6) is -1.02. The number of rotatable bonds is 7. The van der Waals surface area contributed by atoms with E-state index < -0.39 is 23.4 Å². The topological polar surface area (TPSA) is 113 Å². The molecular weight excluding hydrogens is 422 g/mol. The van der Waals surface area contributed by atoms with E-state index in [-0.39, 0.29) is 18.5 Å². The van der Waals surface area contributed by atoms with Crippen LogP contribution in [0.2, 0.25) is 0 Å². The van der Waals surface area contributed by atoms with Crippen LogP contribution >= 0.6 is 0 Å². The molecule has 9 nitrogen and oxygen atoms in total. The number of imide groups is 1. The highest BCUT2D eigenvalue weighted by atomic mass is 16.2. The van der Waals surface area contributed by atoms with E-state index in [0.717, 1.165) is 10.6 Å². The molecule has 170 valence electrons. The monoisotopic (exact) mass is 447 g/mol. The first kappa shape index (κ1) is 22.2. The second-order valence-corrected chi connectivity index (χ2v) is 8.05. The van der Waals surface area contributed by atoms with E-state index in [1.165, 1.54) is 10.9 Å². The SMILES string of the molecule is CC[C@@]1(c2ccccc2)NC(=O)N(NC(=O)CCCn2cnc3c(C)cccc3c2=O)C1=O. The van der Waals surface area contributed by atoms with E-state index in [9.17, 15) is 19.2 Å². The zero-order chi connectivity index (χ0) is 23.6. The molecule has 2 aromatic carbocycles. The molecule has 9 heteroatoms. The molecule has 0 aliphatic carbocycles. The maximum atomic E-state index is 13.1. The number of para-hydroxylation sites is 1. The van der Waals surface area contributed by atoms with Crippen molar-refractivity contribution in [2.75, 3.05) is 0 Å². The Labute approximate surface area is 190 Å². The fourth-order valence-corrected chi connectivity index (χ4v) is 4.13. The molecule has 4 rings (SSSR count). The third-order valence-corrected chi connectivity index (χ3v) is 5.98. The van der Waals surface area contributed by atoms with Crippen LogP contribution in [0.3, 0.4) is 0 Å². The molecule has 1 atom stereocenters. The van der Waals surface area contributed by atoms with Gasteiger partial charge in [-0.05, 0) is 37.0 Å². The average molecular weight is 447 g/mol. The van der Waals surface area contributed by atoms with Crippen LogP contribution in [0, 0.1) is 6.92 Å². The quantitative estimate of drug-likeness (QED) is 0.540. The average Bonchev–Trinajstić information content (AvgIpc) is 3.06. The summed E-state index contributed by atoms with van der Waals surface area (Å²) in [4.78, 5) is 55.1. The smallest absolute Gasteiger partial charge is 0.318 e. The zero-order valence-electron chi connectivity index (χ0n) is 18.5. The predicted octanol–water partition coefficient (Wildman–Crippen LogP) is 2.37. The van der Waals surface area contributed by atoms with Gasteiger partial charge in [0.25, 0.3) is 11.5 Å². The van der Waals surface area contributed by atoms with E-state index in [1.54, 1.807) is 37.3 Å². The molecule has 0 unspecified atom stereocenters. The van der Waals surface area contributed by atoms with E-state index >= 15 is 0 Å². The highest BCUT2D eigenvalue weighted by molar-refractivity contribution is 6.08. The Morgan fingerprint density at radius 2 is 1.85 bits per heavy atom. The molecule has 2 heterocycles.